The first kappa shape index (κ1) is 15.8. The first-order chi connectivity index (χ1) is 8.55. The SMILES string of the molecule is CCC1(C)CC1C(=O)NCCc1ccc(N)cc1.Cl. The Labute approximate surface area is 121 Å². The molecule has 0 spiro atoms. The summed E-state index contributed by atoms with van der Waals surface area (Å²) >= 11 is 0. The van der Waals surface area contributed by atoms with Gasteiger partial charge in [0.25, 0.3) is 0 Å². The van der Waals surface area contributed by atoms with Crippen molar-refractivity contribution in [3.63, 3.8) is 0 Å². The molecular formula is C15H23ClN2O. The zero-order chi connectivity index (χ0) is 13.2. The molecular weight excluding hydrogens is 260 g/mol. The highest BCUT2D eigenvalue weighted by atomic mass is 35.5. The van der Waals surface area contributed by atoms with Crippen LogP contribution in [0.15, 0.2) is 24.3 Å². The van der Waals surface area contributed by atoms with Crippen molar-refractivity contribution in [2.75, 3.05) is 12.3 Å². The van der Waals surface area contributed by atoms with Crippen LogP contribution in [-0.4, -0.2) is 12.5 Å². The minimum atomic E-state index is 0. The second-order valence-electron chi connectivity index (χ2n) is 5.55. The summed E-state index contributed by atoms with van der Waals surface area (Å²) in [5.74, 6) is 0.448. The molecule has 0 aromatic heterocycles. The van der Waals surface area contributed by atoms with Gasteiger partial charge in [0.1, 0.15) is 0 Å². The lowest BCUT2D eigenvalue weighted by atomic mass is 10.0. The number of carbonyl (C=O) groups is 1. The second-order valence-corrected chi connectivity index (χ2v) is 5.55. The Kier molecular flexibility index (Phi) is 5.24. The maximum Gasteiger partial charge on any atom is 0.223 e. The molecule has 2 unspecified atom stereocenters. The predicted octanol–water partition coefficient (Wildman–Crippen LogP) is 2.79. The smallest absolute Gasteiger partial charge is 0.223 e. The molecule has 1 fully saturated rings. The Morgan fingerprint density at radius 1 is 1.42 bits per heavy atom. The number of nitrogens with two attached hydrogens (primary N) is 1. The molecule has 0 radical (unpaired) electrons. The summed E-state index contributed by atoms with van der Waals surface area (Å²) in [4.78, 5) is 11.9. The van der Waals surface area contributed by atoms with Gasteiger partial charge in [0, 0.05) is 18.2 Å². The molecule has 4 heteroatoms. The van der Waals surface area contributed by atoms with E-state index in [1.54, 1.807) is 0 Å². The van der Waals surface area contributed by atoms with Crippen molar-refractivity contribution in [3.8, 4) is 0 Å². The van der Waals surface area contributed by atoms with Crippen LogP contribution in [0.3, 0.4) is 0 Å². The van der Waals surface area contributed by atoms with E-state index >= 15 is 0 Å². The second kappa shape index (κ2) is 6.29. The van der Waals surface area contributed by atoms with Crippen molar-refractivity contribution in [2.24, 2.45) is 11.3 Å². The minimum Gasteiger partial charge on any atom is -0.399 e. The Bertz CT molecular complexity index is 432. The molecule has 1 aromatic carbocycles. The molecule has 2 rings (SSSR count). The maximum atomic E-state index is 11.9. The van der Waals surface area contributed by atoms with E-state index in [0.29, 0.717) is 6.54 Å². The molecule has 3 N–H and O–H groups in total. The van der Waals surface area contributed by atoms with E-state index in [-0.39, 0.29) is 29.6 Å². The van der Waals surface area contributed by atoms with Crippen LogP contribution in [0.25, 0.3) is 0 Å². The van der Waals surface area contributed by atoms with Gasteiger partial charge in [-0.2, -0.15) is 0 Å². The highest BCUT2D eigenvalue weighted by Gasteiger charge is 2.52. The topological polar surface area (TPSA) is 55.1 Å². The van der Waals surface area contributed by atoms with Gasteiger partial charge in [0.05, 0.1) is 0 Å². The number of hydrogen-bond acceptors (Lipinski definition) is 2. The van der Waals surface area contributed by atoms with Crippen molar-refractivity contribution >= 4 is 24.0 Å². The molecule has 1 amide bonds. The first-order valence-electron chi connectivity index (χ1n) is 6.67. The monoisotopic (exact) mass is 282 g/mol. The number of benzene rings is 1. The number of hydrogen-bond donors (Lipinski definition) is 2. The Morgan fingerprint density at radius 3 is 2.58 bits per heavy atom. The number of nitrogen functional groups attached to an aromatic ring is 1. The predicted molar refractivity (Wildman–Crippen MR) is 81.3 cm³/mol. The third-order valence-corrected chi connectivity index (χ3v) is 4.17. The molecule has 2 atom stereocenters. The summed E-state index contributed by atoms with van der Waals surface area (Å²) in [6.45, 7) is 5.05. The number of nitrogens with one attached hydrogen (secondary N) is 1. The molecule has 19 heavy (non-hydrogen) atoms. The summed E-state index contributed by atoms with van der Waals surface area (Å²) in [7, 11) is 0. The summed E-state index contributed by atoms with van der Waals surface area (Å²) in [5, 5.41) is 3.03. The normalized spacial score (nSPS) is 24.4. The van der Waals surface area contributed by atoms with Crippen LogP contribution in [0.1, 0.15) is 32.3 Å². The van der Waals surface area contributed by atoms with Gasteiger partial charge >= 0.3 is 0 Å². The van der Waals surface area contributed by atoms with Crippen LogP contribution < -0.4 is 11.1 Å². The van der Waals surface area contributed by atoms with Gasteiger partial charge in [0.2, 0.25) is 5.91 Å². The van der Waals surface area contributed by atoms with Gasteiger partial charge in [-0.05, 0) is 42.4 Å². The molecule has 1 aromatic rings. The lowest BCUT2D eigenvalue weighted by Gasteiger charge is -2.08. The van der Waals surface area contributed by atoms with Crippen LogP contribution in [-0.2, 0) is 11.2 Å². The Hall–Kier alpha value is -1.22. The fourth-order valence-electron chi connectivity index (χ4n) is 2.34. The van der Waals surface area contributed by atoms with Crippen LogP contribution in [0.5, 0.6) is 0 Å². The van der Waals surface area contributed by atoms with E-state index in [0.717, 1.165) is 24.9 Å². The molecule has 0 heterocycles. The molecule has 106 valence electrons. The van der Waals surface area contributed by atoms with E-state index in [1.165, 1.54) is 5.56 Å². The van der Waals surface area contributed by atoms with Gasteiger partial charge in [-0.25, -0.2) is 0 Å². The van der Waals surface area contributed by atoms with Gasteiger partial charge < -0.3 is 11.1 Å². The standard InChI is InChI=1S/C15H22N2O.ClH/c1-3-15(2)10-13(15)14(18)17-9-8-11-4-6-12(16)7-5-11;/h4-7,13H,3,8-10,16H2,1-2H3,(H,17,18);1H. The van der Waals surface area contributed by atoms with Crippen molar-refractivity contribution in [3.05, 3.63) is 29.8 Å². The highest BCUT2D eigenvalue weighted by Crippen LogP contribution is 2.54. The average Bonchev–Trinajstić information content (AvgIpc) is 3.05. The number of amides is 1. The van der Waals surface area contributed by atoms with Crippen LogP contribution in [0.2, 0.25) is 0 Å². The third-order valence-electron chi connectivity index (χ3n) is 4.17. The Morgan fingerprint density at radius 2 is 2.05 bits per heavy atom. The van der Waals surface area contributed by atoms with Gasteiger partial charge in [-0.15, -0.1) is 12.4 Å². The van der Waals surface area contributed by atoms with Crippen molar-refractivity contribution in [2.45, 2.75) is 33.1 Å². The van der Waals surface area contributed by atoms with Crippen LogP contribution in [0, 0.1) is 11.3 Å². The van der Waals surface area contributed by atoms with Crippen LogP contribution in [0.4, 0.5) is 5.69 Å². The average molecular weight is 283 g/mol. The molecule has 1 aliphatic rings. The van der Waals surface area contributed by atoms with Gasteiger partial charge in [-0.3, -0.25) is 4.79 Å². The number of halogens is 1. The highest BCUT2D eigenvalue weighted by molar-refractivity contribution is 5.85. The molecule has 1 aliphatic carbocycles. The number of anilines is 1. The zero-order valence-corrected chi connectivity index (χ0v) is 12.4. The third kappa shape index (κ3) is 3.87. The number of carbonyl (C=O) groups excluding carboxylic acids is 1. The first-order valence-corrected chi connectivity index (χ1v) is 6.67. The Balaban J connectivity index is 0.00000180. The lowest BCUT2D eigenvalue weighted by Crippen LogP contribution is -2.28. The summed E-state index contributed by atoms with van der Waals surface area (Å²) in [6.07, 6.45) is 2.99. The molecule has 0 aliphatic heterocycles. The molecule has 1 saturated carbocycles. The molecule has 0 bridgehead atoms. The van der Waals surface area contributed by atoms with Gasteiger partial charge in [0.15, 0.2) is 0 Å². The largest absolute Gasteiger partial charge is 0.399 e. The summed E-state index contributed by atoms with van der Waals surface area (Å²) in [6, 6.07) is 7.81. The fourth-order valence-corrected chi connectivity index (χ4v) is 2.34. The number of rotatable bonds is 5. The van der Waals surface area contributed by atoms with E-state index in [1.807, 2.05) is 24.3 Å². The van der Waals surface area contributed by atoms with Gasteiger partial charge in [-0.1, -0.05) is 26.0 Å². The summed E-state index contributed by atoms with van der Waals surface area (Å²) in [5.41, 5.74) is 7.87. The van der Waals surface area contributed by atoms with Crippen molar-refractivity contribution in [1.82, 2.24) is 5.32 Å². The van der Waals surface area contributed by atoms with Crippen LogP contribution >= 0.6 is 12.4 Å². The lowest BCUT2D eigenvalue weighted by molar-refractivity contribution is -0.123. The van der Waals surface area contributed by atoms with E-state index < -0.39 is 0 Å². The quantitative estimate of drug-likeness (QED) is 0.816. The van der Waals surface area contributed by atoms with Crippen molar-refractivity contribution in [1.29, 1.82) is 0 Å². The van der Waals surface area contributed by atoms with E-state index in [4.69, 9.17) is 5.73 Å². The summed E-state index contributed by atoms with van der Waals surface area (Å²) < 4.78 is 0. The van der Waals surface area contributed by atoms with E-state index in [2.05, 4.69) is 19.2 Å². The minimum absolute atomic E-state index is 0. The fraction of sp³-hybridized carbons (Fsp3) is 0.533. The van der Waals surface area contributed by atoms with E-state index in [9.17, 15) is 4.79 Å². The van der Waals surface area contributed by atoms with Crippen molar-refractivity contribution < 1.29 is 4.79 Å². The zero-order valence-electron chi connectivity index (χ0n) is 11.6. The maximum absolute atomic E-state index is 11.9. The molecule has 3 nitrogen and oxygen atoms in total. The molecule has 0 saturated heterocycles.